The highest BCUT2D eigenvalue weighted by atomic mass is 16.5. The minimum Gasteiger partial charge on any atom is -0.497 e. The number of aromatic amines is 1. The normalized spacial score (nSPS) is 11.7. The predicted octanol–water partition coefficient (Wildman–Crippen LogP) is 0.689. The minimum atomic E-state index is -0.749. The number of carbonyl (C=O) groups excluding carboxylic acids is 2. The van der Waals surface area contributed by atoms with Gasteiger partial charge in [-0.25, -0.2) is 0 Å². The molecule has 0 aliphatic heterocycles. The number of nitrogens with two attached hydrogens (primary N) is 1. The first-order valence-corrected chi connectivity index (χ1v) is 6.31. The second kappa shape index (κ2) is 6.08. The van der Waals surface area contributed by atoms with Gasteiger partial charge >= 0.3 is 0 Å². The Morgan fingerprint density at radius 2 is 2.14 bits per heavy atom. The molecule has 0 unspecified atom stereocenters. The Labute approximate surface area is 121 Å². The van der Waals surface area contributed by atoms with Crippen molar-refractivity contribution >= 4 is 11.8 Å². The molecule has 4 N–H and O–H groups in total. The second-order valence-electron chi connectivity index (χ2n) is 4.50. The van der Waals surface area contributed by atoms with Gasteiger partial charge in [-0.2, -0.15) is 5.10 Å². The van der Waals surface area contributed by atoms with Crippen LogP contribution in [-0.4, -0.2) is 35.2 Å². The quantitative estimate of drug-likeness (QED) is 0.751. The Morgan fingerprint density at radius 1 is 1.38 bits per heavy atom. The van der Waals surface area contributed by atoms with E-state index >= 15 is 0 Å². The van der Waals surface area contributed by atoms with E-state index < -0.39 is 17.9 Å². The van der Waals surface area contributed by atoms with Crippen molar-refractivity contribution in [2.24, 2.45) is 5.73 Å². The number of ether oxygens (including phenoxy) is 1. The lowest BCUT2D eigenvalue weighted by molar-refractivity contribution is -0.119. The van der Waals surface area contributed by atoms with Crippen LogP contribution in [0.25, 0.3) is 11.3 Å². The standard InChI is InChI=1S/C14H16N4O3/c1-8(13(15)19)16-14(20)12-7-11(17-18-12)9-4-3-5-10(6-9)21-2/h3-8H,1-2H3,(H2,15,19)(H,16,20)(H,17,18)/t8-/m0/s1. The van der Waals surface area contributed by atoms with E-state index in [4.69, 9.17) is 10.5 Å². The van der Waals surface area contributed by atoms with Gasteiger partial charge in [-0.05, 0) is 25.1 Å². The zero-order valence-electron chi connectivity index (χ0n) is 11.7. The van der Waals surface area contributed by atoms with Crippen molar-refractivity contribution in [1.82, 2.24) is 15.5 Å². The number of aromatic nitrogens is 2. The van der Waals surface area contributed by atoms with Crippen LogP contribution in [0.3, 0.4) is 0 Å². The third-order valence-electron chi connectivity index (χ3n) is 2.96. The number of primary amides is 1. The third-order valence-corrected chi connectivity index (χ3v) is 2.96. The first-order chi connectivity index (χ1) is 10.0. The molecule has 2 amide bonds. The summed E-state index contributed by atoms with van der Waals surface area (Å²) in [6, 6.07) is 8.16. The van der Waals surface area contributed by atoms with Crippen LogP contribution in [0, 0.1) is 0 Å². The Bertz CT molecular complexity index is 666. The number of methoxy groups -OCH3 is 1. The average molecular weight is 288 g/mol. The van der Waals surface area contributed by atoms with E-state index in [-0.39, 0.29) is 5.69 Å². The molecule has 0 aliphatic rings. The summed E-state index contributed by atoms with van der Waals surface area (Å²) in [6.07, 6.45) is 0. The van der Waals surface area contributed by atoms with Gasteiger partial charge in [0.25, 0.3) is 5.91 Å². The molecule has 0 spiro atoms. The molecule has 7 nitrogen and oxygen atoms in total. The SMILES string of the molecule is COc1cccc(-c2cc(C(=O)N[C@@H](C)C(N)=O)[nH]n2)c1. The fourth-order valence-corrected chi connectivity index (χ4v) is 1.71. The van der Waals surface area contributed by atoms with Crippen LogP contribution in [0.15, 0.2) is 30.3 Å². The summed E-state index contributed by atoms with van der Waals surface area (Å²) in [7, 11) is 1.58. The van der Waals surface area contributed by atoms with Crippen LogP contribution in [0.5, 0.6) is 5.75 Å². The molecule has 0 saturated carbocycles. The van der Waals surface area contributed by atoms with Gasteiger partial charge in [0.2, 0.25) is 5.91 Å². The highest BCUT2D eigenvalue weighted by Gasteiger charge is 2.16. The lowest BCUT2D eigenvalue weighted by Crippen LogP contribution is -2.42. The van der Waals surface area contributed by atoms with Crippen molar-refractivity contribution < 1.29 is 14.3 Å². The number of nitrogens with zero attached hydrogens (tertiary/aromatic N) is 1. The van der Waals surface area contributed by atoms with E-state index in [2.05, 4.69) is 15.5 Å². The molecule has 1 aromatic carbocycles. The van der Waals surface area contributed by atoms with Gasteiger partial charge in [-0.15, -0.1) is 0 Å². The molecule has 0 saturated heterocycles. The number of benzene rings is 1. The predicted molar refractivity (Wildman–Crippen MR) is 76.7 cm³/mol. The number of H-pyrrole nitrogens is 1. The number of carbonyl (C=O) groups is 2. The minimum absolute atomic E-state index is 0.251. The molecule has 0 aliphatic carbocycles. The Hall–Kier alpha value is -2.83. The van der Waals surface area contributed by atoms with E-state index in [9.17, 15) is 9.59 Å². The fraction of sp³-hybridized carbons (Fsp3) is 0.214. The number of amides is 2. The van der Waals surface area contributed by atoms with Gasteiger partial charge in [-0.1, -0.05) is 12.1 Å². The first-order valence-electron chi connectivity index (χ1n) is 6.31. The van der Waals surface area contributed by atoms with Crippen LogP contribution < -0.4 is 15.8 Å². The molecule has 0 fully saturated rings. The molecule has 2 aromatic rings. The molecular weight excluding hydrogens is 272 g/mol. The summed E-state index contributed by atoms with van der Waals surface area (Å²) in [4.78, 5) is 22.8. The summed E-state index contributed by atoms with van der Waals surface area (Å²) in [5.41, 5.74) is 6.76. The molecule has 7 heteroatoms. The highest BCUT2D eigenvalue weighted by Crippen LogP contribution is 2.22. The summed E-state index contributed by atoms with van der Waals surface area (Å²) in [6.45, 7) is 1.51. The van der Waals surface area contributed by atoms with E-state index in [0.717, 1.165) is 5.56 Å². The Morgan fingerprint density at radius 3 is 2.81 bits per heavy atom. The van der Waals surface area contributed by atoms with Crippen molar-refractivity contribution in [3.63, 3.8) is 0 Å². The number of rotatable bonds is 5. The molecule has 1 heterocycles. The molecule has 1 aromatic heterocycles. The van der Waals surface area contributed by atoms with Gasteiger partial charge in [0.15, 0.2) is 0 Å². The molecular formula is C14H16N4O3. The van der Waals surface area contributed by atoms with Crippen LogP contribution in [-0.2, 0) is 4.79 Å². The van der Waals surface area contributed by atoms with Gasteiger partial charge < -0.3 is 15.8 Å². The number of nitrogens with one attached hydrogen (secondary N) is 2. The van der Waals surface area contributed by atoms with Gasteiger partial charge in [0, 0.05) is 5.56 Å². The zero-order valence-corrected chi connectivity index (χ0v) is 11.7. The Kier molecular flexibility index (Phi) is 4.22. The number of hydrogen-bond donors (Lipinski definition) is 3. The van der Waals surface area contributed by atoms with Crippen molar-refractivity contribution in [2.75, 3.05) is 7.11 Å². The van der Waals surface area contributed by atoms with Crippen molar-refractivity contribution in [3.8, 4) is 17.0 Å². The first kappa shape index (κ1) is 14.6. The van der Waals surface area contributed by atoms with Gasteiger partial charge in [0.05, 0.1) is 12.8 Å². The van der Waals surface area contributed by atoms with Gasteiger partial charge in [-0.3, -0.25) is 14.7 Å². The average Bonchev–Trinajstić information content (AvgIpc) is 2.97. The summed E-state index contributed by atoms with van der Waals surface area (Å²) in [5, 5.41) is 9.18. The Balaban J connectivity index is 2.17. The second-order valence-corrected chi connectivity index (χ2v) is 4.50. The van der Waals surface area contributed by atoms with E-state index in [1.807, 2.05) is 24.3 Å². The smallest absolute Gasteiger partial charge is 0.269 e. The van der Waals surface area contributed by atoms with Crippen LogP contribution in [0.2, 0.25) is 0 Å². The van der Waals surface area contributed by atoms with Crippen molar-refractivity contribution in [3.05, 3.63) is 36.0 Å². The molecule has 0 bridgehead atoms. The largest absolute Gasteiger partial charge is 0.497 e. The monoisotopic (exact) mass is 288 g/mol. The maximum atomic E-state index is 11.9. The molecule has 0 radical (unpaired) electrons. The molecule has 1 atom stereocenters. The van der Waals surface area contributed by atoms with Crippen LogP contribution in [0.4, 0.5) is 0 Å². The fourth-order valence-electron chi connectivity index (χ4n) is 1.71. The topological polar surface area (TPSA) is 110 Å². The van der Waals surface area contributed by atoms with E-state index in [1.165, 1.54) is 6.92 Å². The maximum Gasteiger partial charge on any atom is 0.269 e. The molecule has 2 rings (SSSR count). The zero-order chi connectivity index (χ0) is 15.4. The van der Waals surface area contributed by atoms with Gasteiger partial charge in [0.1, 0.15) is 17.5 Å². The van der Waals surface area contributed by atoms with E-state index in [1.54, 1.807) is 13.2 Å². The summed E-state index contributed by atoms with van der Waals surface area (Å²) < 4.78 is 5.14. The van der Waals surface area contributed by atoms with E-state index in [0.29, 0.717) is 11.4 Å². The summed E-state index contributed by atoms with van der Waals surface area (Å²) in [5.74, 6) is -0.345. The lowest BCUT2D eigenvalue weighted by atomic mass is 10.1. The molecule has 21 heavy (non-hydrogen) atoms. The lowest BCUT2D eigenvalue weighted by Gasteiger charge is -2.08. The highest BCUT2D eigenvalue weighted by molar-refractivity contribution is 5.96. The summed E-state index contributed by atoms with van der Waals surface area (Å²) >= 11 is 0. The van der Waals surface area contributed by atoms with Crippen LogP contribution >= 0.6 is 0 Å². The molecule has 110 valence electrons. The van der Waals surface area contributed by atoms with Crippen molar-refractivity contribution in [1.29, 1.82) is 0 Å². The number of hydrogen-bond acceptors (Lipinski definition) is 4. The van der Waals surface area contributed by atoms with Crippen LogP contribution in [0.1, 0.15) is 17.4 Å². The third kappa shape index (κ3) is 3.38. The van der Waals surface area contributed by atoms with Crippen molar-refractivity contribution in [2.45, 2.75) is 13.0 Å². The maximum absolute atomic E-state index is 11.9.